The molecule has 0 radical (unpaired) electrons. The van der Waals surface area contributed by atoms with Gasteiger partial charge < -0.3 is 10.4 Å². The minimum atomic E-state index is 0.199. The highest BCUT2D eigenvalue weighted by Crippen LogP contribution is 2.21. The van der Waals surface area contributed by atoms with Gasteiger partial charge in [0.25, 0.3) is 0 Å². The summed E-state index contributed by atoms with van der Waals surface area (Å²) in [5.74, 6) is 0.879. The number of nitrogens with one attached hydrogen (secondary N) is 1. The molecule has 1 saturated carbocycles. The molecule has 2 rings (SSSR count). The number of hydrogen-bond acceptors (Lipinski definition) is 4. The van der Waals surface area contributed by atoms with Crippen LogP contribution in [0.3, 0.4) is 0 Å². The average molecular weight is 224 g/mol. The summed E-state index contributed by atoms with van der Waals surface area (Å²) >= 11 is 1.69. The Balaban J connectivity index is 1.75. The van der Waals surface area contributed by atoms with Crippen molar-refractivity contribution >= 4 is 11.8 Å². The molecule has 3 nitrogen and oxygen atoms in total. The van der Waals surface area contributed by atoms with Crippen molar-refractivity contribution in [1.82, 2.24) is 10.3 Å². The van der Waals surface area contributed by atoms with E-state index in [9.17, 15) is 5.11 Å². The molecule has 0 aromatic carbocycles. The quantitative estimate of drug-likeness (QED) is 0.715. The van der Waals surface area contributed by atoms with Gasteiger partial charge in [0.2, 0.25) is 0 Å². The highest BCUT2D eigenvalue weighted by Gasteiger charge is 2.24. The SMILES string of the molecule is OCC(CSc1ccccn1)NC1CC1. The molecule has 0 bridgehead atoms. The summed E-state index contributed by atoms with van der Waals surface area (Å²) in [6.07, 6.45) is 4.31. The molecule has 1 atom stereocenters. The number of pyridine rings is 1. The van der Waals surface area contributed by atoms with Crippen LogP contribution in [0.1, 0.15) is 12.8 Å². The smallest absolute Gasteiger partial charge is 0.0960 e. The van der Waals surface area contributed by atoms with Crippen molar-refractivity contribution in [2.45, 2.75) is 30.0 Å². The van der Waals surface area contributed by atoms with Crippen molar-refractivity contribution in [3.8, 4) is 0 Å². The Bertz CT molecular complexity index is 290. The number of aliphatic hydroxyl groups is 1. The van der Waals surface area contributed by atoms with E-state index in [1.807, 2.05) is 18.2 Å². The number of thioether (sulfide) groups is 1. The van der Waals surface area contributed by atoms with Crippen molar-refractivity contribution < 1.29 is 5.11 Å². The van der Waals surface area contributed by atoms with Crippen LogP contribution in [0.15, 0.2) is 29.4 Å². The lowest BCUT2D eigenvalue weighted by Crippen LogP contribution is -2.36. The molecule has 1 aromatic rings. The third-order valence-corrected chi connectivity index (χ3v) is 3.45. The van der Waals surface area contributed by atoms with Crippen LogP contribution in [0.25, 0.3) is 0 Å². The molecule has 1 aliphatic carbocycles. The zero-order chi connectivity index (χ0) is 10.5. The second-order valence-corrected chi connectivity index (χ2v) is 4.84. The van der Waals surface area contributed by atoms with E-state index in [0.29, 0.717) is 6.04 Å². The standard InChI is InChI=1S/C11H16N2OS/c14-7-10(13-9-4-5-9)8-15-11-3-1-2-6-12-11/h1-3,6,9-10,13-14H,4-5,7-8H2. The van der Waals surface area contributed by atoms with Gasteiger partial charge in [-0.3, -0.25) is 0 Å². The maximum atomic E-state index is 9.18. The lowest BCUT2D eigenvalue weighted by molar-refractivity contribution is 0.253. The van der Waals surface area contributed by atoms with Crippen molar-refractivity contribution in [2.75, 3.05) is 12.4 Å². The molecule has 82 valence electrons. The second-order valence-electron chi connectivity index (χ2n) is 3.80. The van der Waals surface area contributed by atoms with Crippen LogP contribution in [0, 0.1) is 0 Å². The Morgan fingerprint density at radius 2 is 2.40 bits per heavy atom. The second kappa shape index (κ2) is 5.49. The molecule has 15 heavy (non-hydrogen) atoms. The van der Waals surface area contributed by atoms with Gasteiger partial charge in [-0.05, 0) is 25.0 Å². The molecule has 1 fully saturated rings. The van der Waals surface area contributed by atoms with E-state index in [2.05, 4.69) is 10.3 Å². The minimum Gasteiger partial charge on any atom is -0.395 e. The van der Waals surface area contributed by atoms with Crippen molar-refractivity contribution in [2.24, 2.45) is 0 Å². The van der Waals surface area contributed by atoms with Crippen LogP contribution in [0.4, 0.5) is 0 Å². The summed E-state index contributed by atoms with van der Waals surface area (Å²) in [5.41, 5.74) is 0. The maximum absolute atomic E-state index is 9.18. The summed E-state index contributed by atoms with van der Waals surface area (Å²) in [4.78, 5) is 4.23. The molecule has 0 amide bonds. The van der Waals surface area contributed by atoms with Crippen LogP contribution in [-0.4, -0.2) is 34.5 Å². The van der Waals surface area contributed by atoms with Gasteiger partial charge in [-0.2, -0.15) is 0 Å². The van der Waals surface area contributed by atoms with Gasteiger partial charge in [0.15, 0.2) is 0 Å². The lowest BCUT2D eigenvalue weighted by Gasteiger charge is -2.14. The Labute approximate surface area is 94.3 Å². The number of nitrogens with zero attached hydrogens (tertiary/aromatic N) is 1. The monoisotopic (exact) mass is 224 g/mol. The fourth-order valence-corrected chi connectivity index (χ4v) is 2.24. The van der Waals surface area contributed by atoms with Crippen LogP contribution in [0.2, 0.25) is 0 Å². The van der Waals surface area contributed by atoms with E-state index in [4.69, 9.17) is 0 Å². The Hall–Kier alpha value is -0.580. The third-order valence-electron chi connectivity index (χ3n) is 2.34. The van der Waals surface area contributed by atoms with Gasteiger partial charge in [-0.1, -0.05) is 6.07 Å². The molecule has 1 aliphatic rings. The van der Waals surface area contributed by atoms with E-state index in [0.717, 1.165) is 10.8 Å². The van der Waals surface area contributed by atoms with E-state index >= 15 is 0 Å². The predicted octanol–water partition coefficient (Wildman–Crippen LogP) is 1.29. The summed E-state index contributed by atoms with van der Waals surface area (Å²) in [5, 5.41) is 13.6. The first-order chi connectivity index (χ1) is 7.38. The molecule has 2 N–H and O–H groups in total. The zero-order valence-corrected chi connectivity index (χ0v) is 9.41. The van der Waals surface area contributed by atoms with Gasteiger partial charge >= 0.3 is 0 Å². The van der Waals surface area contributed by atoms with Crippen LogP contribution in [0.5, 0.6) is 0 Å². The number of hydrogen-bond donors (Lipinski definition) is 2. The van der Waals surface area contributed by atoms with Gasteiger partial charge in [-0.15, -0.1) is 11.8 Å². The Morgan fingerprint density at radius 1 is 1.53 bits per heavy atom. The van der Waals surface area contributed by atoms with E-state index in [-0.39, 0.29) is 12.6 Å². The molecule has 1 heterocycles. The molecule has 1 unspecified atom stereocenters. The summed E-state index contributed by atoms with van der Waals surface area (Å²) in [6.45, 7) is 0.205. The van der Waals surface area contributed by atoms with Crippen LogP contribution in [-0.2, 0) is 0 Å². The van der Waals surface area contributed by atoms with Gasteiger partial charge in [0, 0.05) is 24.0 Å². The third kappa shape index (κ3) is 3.81. The molecule has 0 aliphatic heterocycles. The fraction of sp³-hybridized carbons (Fsp3) is 0.545. The number of aliphatic hydroxyl groups excluding tert-OH is 1. The van der Waals surface area contributed by atoms with Crippen molar-refractivity contribution in [3.05, 3.63) is 24.4 Å². The highest BCUT2D eigenvalue weighted by atomic mass is 32.2. The van der Waals surface area contributed by atoms with Crippen molar-refractivity contribution in [1.29, 1.82) is 0 Å². The first-order valence-electron chi connectivity index (χ1n) is 5.29. The molecule has 4 heteroatoms. The van der Waals surface area contributed by atoms with Crippen LogP contribution >= 0.6 is 11.8 Å². The van der Waals surface area contributed by atoms with Crippen molar-refractivity contribution in [3.63, 3.8) is 0 Å². The molecule has 1 aromatic heterocycles. The molecular weight excluding hydrogens is 208 g/mol. The molecule has 0 spiro atoms. The van der Waals surface area contributed by atoms with E-state index < -0.39 is 0 Å². The van der Waals surface area contributed by atoms with Gasteiger partial charge in [0.05, 0.1) is 11.6 Å². The average Bonchev–Trinajstić information content (AvgIpc) is 3.09. The Kier molecular flexibility index (Phi) is 4.00. The van der Waals surface area contributed by atoms with Gasteiger partial charge in [-0.25, -0.2) is 4.98 Å². The predicted molar refractivity (Wildman–Crippen MR) is 62.0 cm³/mol. The Morgan fingerprint density at radius 3 is 3.00 bits per heavy atom. The minimum absolute atomic E-state index is 0.199. The van der Waals surface area contributed by atoms with E-state index in [1.165, 1.54) is 12.8 Å². The summed E-state index contributed by atoms with van der Waals surface area (Å²) in [7, 11) is 0. The first-order valence-corrected chi connectivity index (χ1v) is 6.28. The van der Waals surface area contributed by atoms with Crippen LogP contribution < -0.4 is 5.32 Å². The maximum Gasteiger partial charge on any atom is 0.0960 e. The fourth-order valence-electron chi connectivity index (χ4n) is 1.36. The zero-order valence-electron chi connectivity index (χ0n) is 8.60. The topological polar surface area (TPSA) is 45.2 Å². The molecule has 0 saturated heterocycles. The van der Waals surface area contributed by atoms with E-state index in [1.54, 1.807) is 18.0 Å². The summed E-state index contributed by atoms with van der Waals surface area (Å²) < 4.78 is 0. The normalized spacial score (nSPS) is 17.7. The molecular formula is C11H16N2OS. The first kappa shape index (κ1) is 10.9. The number of aromatic nitrogens is 1. The summed E-state index contributed by atoms with van der Waals surface area (Å²) in [6, 6.07) is 6.74. The van der Waals surface area contributed by atoms with Gasteiger partial charge in [0.1, 0.15) is 0 Å². The highest BCUT2D eigenvalue weighted by molar-refractivity contribution is 7.99. The largest absolute Gasteiger partial charge is 0.395 e. The lowest BCUT2D eigenvalue weighted by atomic mass is 10.3. The number of rotatable bonds is 6.